The molecule has 10 aliphatic carbocycles. The minimum absolute atomic E-state index is 0. The second kappa shape index (κ2) is 44.4. The number of ether oxygens (including phenoxy) is 12. The minimum Gasteiger partial charge on any atom is -0.550 e. The molecule has 127 heavy (non-hydrogen) atoms. The Hall–Kier alpha value is -10.7. The molecule has 26 heteroatoms. The van der Waals surface area contributed by atoms with Gasteiger partial charge in [-0.3, -0.25) is 19.2 Å². The maximum atomic E-state index is 12.2. The van der Waals surface area contributed by atoms with E-state index in [4.69, 9.17) is 62.1 Å². The van der Waals surface area contributed by atoms with Crippen molar-refractivity contribution in [3.8, 4) is 93.9 Å². The van der Waals surface area contributed by atoms with Crippen molar-refractivity contribution in [1.82, 2.24) is 0 Å². The van der Waals surface area contributed by atoms with E-state index in [0.717, 1.165) is 135 Å². The van der Waals surface area contributed by atoms with Gasteiger partial charge in [0.05, 0.1) is 143 Å². The van der Waals surface area contributed by atoms with E-state index in [1.165, 1.54) is 58.5 Å². The Morgan fingerprint density at radius 2 is 0.646 bits per heavy atom. The number of hydrogen-bond donors (Lipinski definition) is 1. The molecule has 11 aliphatic rings. The molecule has 10 saturated carbocycles. The summed E-state index contributed by atoms with van der Waals surface area (Å²) in [6, 6.07) is 43.0. The van der Waals surface area contributed by atoms with Gasteiger partial charge in [0.2, 0.25) is 0 Å². The van der Waals surface area contributed by atoms with Gasteiger partial charge < -0.3 is 71.8 Å². The quantitative estimate of drug-likeness (QED) is 0.0275. The molecular weight excluding hydrogens is 1610 g/mol. The van der Waals surface area contributed by atoms with E-state index >= 15 is 0 Å². The zero-order valence-corrected chi connectivity index (χ0v) is 74.9. The molecule has 3 atom stereocenters. The van der Waals surface area contributed by atoms with Crippen LogP contribution < -0.4 is 71.3 Å². The number of Topliss-reactive ketones (excluding diaryl/α,β-unsaturated/α-hetero) is 2. The molecule has 0 bridgehead atoms. The van der Waals surface area contributed by atoms with Crippen LogP contribution in [-0.2, 0) is 60.5 Å². The molecule has 1 N–H and O–H groups in total. The minimum atomic E-state index is -1.01. The number of methoxy groups -OCH3 is 6. The molecule has 1 aliphatic heterocycles. The summed E-state index contributed by atoms with van der Waals surface area (Å²) in [7, 11) is 9.36. The number of aliphatic carboxylic acids is 2. The number of nitriles is 6. The van der Waals surface area contributed by atoms with Crippen LogP contribution in [0.3, 0.4) is 0 Å². The maximum absolute atomic E-state index is 12.2. The Balaban J connectivity index is 0.000000154. The number of nitrogens with zero attached hydrogens (tertiary/aromatic N) is 6. The number of carboxylic acids is 2. The fourth-order valence-electron chi connectivity index (χ4n) is 20.5. The van der Waals surface area contributed by atoms with Gasteiger partial charge in [-0.15, -0.1) is 0 Å². The Labute approximate surface area is 759 Å². The zero-order chi connectivity index (χ0) is 89.7. The normalized spacial score (nSPS) is 26.6. The molecule has 0 aromatic heterocycles. The molecule has 0 amide bonds. The fourth-order valence-corrected chi connectivity index (χ4v) is 20.5. The molecule has 1 heterocycles. The van der Waals surface area contributed by atoms with E-state index in [1.54, 1.807) is 41.6 Å². The van der Waals surface area contributed by atoms with Crippen molar-refractivity contribution in [2.24, 2.45) is 17.8 Å². The van der Waals surface area contributed by atoms with Crippen LogP contribution in [0.2, 0.25) is 0 Å². The number of carbonyl (C=O) groups excluding carboxylic acids is 4. The summed E-state index contributed by atoms with van der Waals surface area (Å²) in [5.41, 5.74) is 0.841. The molecule has 670 valence electrons. The topological polar surface area (TPSA) is 385 Å². The summed E-state index contributed by atoms with van der Waals surface area (Å²) < 4.78 is 68.3. The molecule has 3 unspecified atom stereocenters. The number of hydrogen-bond acceptors (Lipinski definition) is 24. The van der Waals surface area contributed by atoms with Crippen LogP contribution in [0.4, 0.5) is 0 Å². The first-order valence-corrected chi connectivity index (χ1v) is 45.5. The van der Waals surface area contributed by atoms with Crippen molar-refractivity contribution < 1.29 is 110 Å². The number of rotatable bonds is 23. The third kappa shape index (κ3) is 22.9. The predicted octanol–water partition coefficient (Wildman–Crippen LogP) is 15.0. The maximum Gasteiger partial charge on any atom is 1.00 e. The molecule has 16 rings (SSSR count). The molecule has 1 saturated heterocycles. The van der Waals surface area contributed by atoms with Gasteiger partial charge >= 0.3 is 30.8 Å². The second-order valence-corrected chi connectivity index (χ2v) is 36.1. The van der Waals surface area contributed by atoms with E-state index in [0.29, 0.717) is 137 Å². The van der Waals surface area contributed by atoms with E-state index < -0.39 is 56.8 Å². The van der Waals surface area contributed by atoms with Gasteiger partial charge in [-0.25, -0.2) is 0 Å². The number of benzene rings is 5. The summed E-state index contributed by atoms with van der Waals surface area (Å²) in [6.07, 6.45) is 33.1. The van der Waals surface area contributed by atoms with Crippen LogP contribution in [0.15, 0.2) is 91.0 Å². The van der Waals surface area contributed by atoms with Crippen molar-refractivity contribution in [2.75, 3.05) is 42.7 Å². The van der Waals surface area contributed by atoms with Gasteiger partial charge in [0.1, 0.15) is 23.1 Å². The summed E-state index contributed by atoms with van der Waals surface area (Å²) in [4.78, 5) is 58.0. The summed E-state index contributed by atoms with van der Waals surface area (Å²) in [5, 5.41) is 78.8. The SMILES string of the molecule is COC(=O)C1CC(C#N)(c2ccc(OC)c(OC3CCCC3)c2)CCC1=O.COc1ccc(C2(C#N)CCC(=O)CC2)cc1OC1CCCC1.COc1ccc(C2(C#N)CCC(C(=O)O)CC2)cc1OC1CCCC1.COc1ccc(C2(C#N)CCC(C(=O)[O-])CC2)cc1OC1CCCC1.COc1ccc(C2(C#N)CCC3(CC2)OC3C#N)cc1OC1CCCC1.[Li+]. The van der Waals surface area contributed by atoms with Gasteiger partial charge in [-0.2, -0.15) is 31.6 Å². The van der Waals surface area contributed by atoms with Gasteiger partial charge in [0.15, 0.2) is 63.6 Å². The van der Waals surface area contributed by atoms with Gasteiger partial charge in [0.25, 0.3) is 0 Å². The Morgan fingerprint density at radius 1 is 0.370 bits per heavy atom. The van der Waals surface area contributed by atoms with Crippen molar-refractivity contribution in [2.45, 2.75) is 320 Å². The molecule has 25 nitrogen and oxygen atoms in total. The first-order valence-electron chi connectivity index (χ1n) is 45.5. The van der Waals surface area contributed by atoms with Crippen LogP contribution >= 0.6 is 0 Å². The standard InChI is InChI=1S/C21H24N2O3.C21H25NO5.2C20H25NO4.C19H23NO3.Li/c1-24-17-7-6-15(12-18(17)25-16-4-2-3-5-16)20(14-23)8-10-21(11-9-20)19(13-22)26-21;1-25-18-8-7-14(11-19(18)27-15-5-3-4-6-15)21(13-22)10-9-17(23)16(12-21)20(24)26-2;2*1-24-17-7-6-15(12-18(17)25-16-4-2-3-5-16)20(13-21)10-8-14(9-11-20)19(22)23;1-22-17-7-6-14(12-18(17)23-16-4-2-3-5-16)19(13-20)10-8-15(21)9-11-19;/h6-7,12,16,19H,2-5,8-11H2,1H3;7-8,11,15-16H,3-6,9-10,12H2,1-2H3;2*6-7,12,14,16H,2-5,8-11H2,1H3,(H,22,23);6-7,12,16H,2-5,8-11H2,1H3;/q;;;;;+1/p-1. The smallest absolute Gasteiger partial charge is 0.550 e. The Bertz CT molecular complexity index is 4760. The van der Waals surface area contributed by atoms with Gasteiger partial charge in [-0.05, 0) is 326 Å². The second-order valence-electron chi connectivity index (χ2n) is 36.1. The van der Waals surface area contributed by atoms with E-state index in [9.17, 15) is 60.5 Å². The fraction of sp³-hybridized carbons (Fsp3) is 0.594. The van der Waals surface area contributed by atoms with Crippen LogP contribution in [0.1, 0.15) is 278 Å². The number of ketones is 2. The van der Waals surface area contributed by atoms with Crippen LogP contribution in [0.25, 0.3) is 0 Å². The van der Waals surface area contributed by atoms with E-state index in [2.05, 4.69) is 36.4 Å². The van der Waals surface area contributed by atoms with Gasteiger partial charge in [-0.1, -0.05) is 30.3 Å². The van der Waals surface area contributed by atoms with Crippen molar-refractivity contribution in [1.29, 1.82) is 31.6 Å². The summed E-state index contributed by atoms with van der Waals surface area (Å²) >= 11 is 0. The number of carboxylic acid groups (broad SMARTS) is 2. The Morgan fingerprint density at radius 3 is 0.906 bits per heavy atom. The van der Waals surface area contributed by atoms with Crippen molar-refractivity contribution >= 4 is 29.5 Å². The number of esters is 1. The average Bonchev–Trinajstić information content (AvgIpc) is 1.57. The first-order chi connectivity index (χ1) is 61.0. The predicted molar refractivity (Wildman–Crippen MR) is 462 cm³/mol. The van der Waals surface area contributed by atoms with Crippen LogP contribution in [-0.4, -0.2) is 119 Å². The third-order valence-electron chi connectivity index (χ3n) is 28.7. The van der Waals surface area contributed by atoms with Crippen molar-refractivity contribution in [3.63, 3.8) is 0 Å². The molecule has 5 aromatic carbocycles. The zero-order valence-electron chi connectivity index (χ0n) is 74.9. The molecular formula is C101H121LiN6O19. The average molecular weight is 1730 g/mol. The largest absolute Gasteiger partial charge is 1.00 e. The molecule has 0 radical (unpaired) electrons. The third-order valence-corrected chi connectivity index (χ3v) is 28.7. The van der Waals surface area contributed by atoms with E-state index in [-0.39, 0.29) is 91.4 Å². The number of carbonyl (C=O) groups is 5. The Kier molecular flexibility index (Phi) is 33.9. The number of epoxide rings is 1. The molecule has 11 fully saturated rings. The van der Waals surface area contributed by atoms with Crippen LogP contribution in [0.5, 0.6) is 57.5 Å². The molecule has 1 spiro atoms. The first kappa shape index (κ1) is 97.0. The van der Waals surface area contributed by atoms with Crippen molar-refractivity contribution in [3.05, 3.63) is 119 Å². The summed E-state index contributed by atoms with van der Waals surface area (Å²) in [6.45, 7) is 0. The summed E-state index contributed by atoms with van der Waals surface area (Å²) in [5.74, 6) is 2.93. The molecule has 5 aromatic rings. The van der Waals surface area contributed by atoms with E-state index in [1.807, 2.05) is 84.9 Å². The monoisotopic (exact) mass is 1730 g/mol. The van der Waals surface area contributed by atoms with Gasteiger partial charge in [0, 0.05) is 25.2 Å². The van der Waals surface area contributed by atoms with Crippen LogP contribution in [0, 0.1) is 85.7 Å².